The Morgan fingerprint density at radius 2 is 2.07 bits per heavy atom. The van der Waals surface area contributed by atoms with Crippen LogP contribution >= 0.6 is 0 Å². The van der Waals surface area contributed by atoms with Crippen molar-refractivity contribution in [1.82, 2.24) is 19.4 Å². The van der Waals surface area contributed by atoms with Crippen LogP contribution in [0.25, 0.3) is 11.0 Å². The molecule has 0 radical (unpaired) electrons. The van der Waals surface area contributed by atoms with Gasteiger partial charge in [-0.2, -0.15) is 0 Å². The number of aromatic nitrogens is 2. The molecule has 4 rings (SSSR count). The van der Waals surface area contributed by atoms with E-state index in [2.05, 4.69) is 4.98 Å². The van der Waals surface area contributed by atoms with E-state index in [1.165, 1.54) is 15.9 Å². The smallest absolute Gasteiger partial charge is 0.335 e. The molecule has 0 spiro atoms. The summed E-state index contributed by atoms with van der Waals surface area (Å²) in [5, 5.41) is 9.28. The highest BCUT2D eigenvalue weighted by Gasteiger charge is 2.29. The quantitative estimate of drug-likeness (QED) is 0.811. The molecule has 2 aromatic rings. The molecule has 2 aliphatic rings. The second kappa shape index (κ2) is 6.66. The molecular formula is C18H20N4O5. The monoisotopic (exact) mass is 372 g/mol. The van der Waals surface area contributed by atoms with Gasteiger partial charge in [0.1, 0.15) is 12.4 Å². The Kier molecular flexibility index (Phi) is 4.31. The zero-order valence-corrected chi connectivity index (χ0v) is 14.9. The lowest BCUT2D eigenvalue weighted by Gasteiger charge is -2.32. The second-order valence-electron chi connectivity index (χ2n) is 6.93. The number of carbonyl (C=O) groups excluding carboxylic acids is 2. The number of piperazine rings is 1. The number of likely N-dealkylation sites (N-methyl/N-ethyl adjacent to an activating group) is 1. The van der Waals surface area contributed by atoms with Crippen LogP contribution in [0.4, 0.5) is 0 Å². The highest BCUT2D eigenvalue weighted by Crippen LogP contribution is 2.23. The van der Waals surface area contributed by atoms with E-state index in [0.29, 0.717) is 30.0 Å². The molecule has 0 bridgehead atoms. The van der Waals surface area contributed by atoms with Crippen molar-refractivity contribution in [2.24, 2.45) is 0 Å². The molecule has 0 unspecified atom stereocenters. The van der Waals surface area contributed by atoms with Crippen molar-refractivity contribution in [3.05, 3.63) is 29.6 Å². The maximum atomic E-state index is 12.3. The number of nitrogens with zero attached hydrogens (tertiary/aromatic N) is 4. The number of benzene rings is 1. The van der Waals surface area contributed by atoms with Gasteiger partial charge in [0.15, 0.2) is 0 Å². The number of carbonyl (C=O) groups is 3. The van der Waals surface area contributed by atoms with E-state index < -0.39 is 5.97 Å². The zero-order chi connectivity index (χ0) is 19.1. The third kappa shape index (κ3) is 3.25. The van der Waals surface area contributed by atoms with Gasteiger partial charge in [-0.15, -0.1) is 0 Å². The van der Waals surface area contributed by atoms with Crippen LogP contribution in [0, 0.1) is 0 Å². The first kappa shape index (κ1) is 17.5. The number of rotatable bonds is 5. The van der Waals surface area contributed by atoms with Gasteiger partial charge in [-0.05, 0) is 24.6 Å². The second-order valence-corrected chi connectivity index (χ2v) is 6.93. The van der Waals surface area contributed by atoms with Crippen molar-refractivity contribution >= 4 is 28.8 Å². The number of carboxylic acids is 1. The van der Waals surface area contributed by atoms with Crippen molar-refractivity contribution in [2.75, 3.05) is 26.7 Å². The normalized spacial score (nSPS) is 20.3. The van der Waals surface area contributed by atoms with Gasteiger partial charge in [-0.25, -0.2) is 9.78 Å². The summed E-state index contributed by atoms with van der Waals surface area (Å²) in [7, 11) is 1.61. The molecule has 1 N–H and O–H groups in total. The Bertz CT molecular complexity index is 933. The van der Waals surface area contributed by atoms with Gasteiger partial charge >= 0.3 is 5.97 Å². The number of ether oxygens (including phenoxy) is 1. The number of hydrogen-bond acceptors (Lipinski definition) is 5. The molecule has 9 heteroatoms. The van der Waals surface area contributed by atoms with Crippen LogP contribution in [0.1, 0.15) is 22.6 Å². The molecule has 27 heavy (non-hydrogen) atoms. The SMILES string of the molecule is CN1CC(=O)N(Cc2nc3ccc(C(=O)O)cc3n2C[C@@H]2CCO2)CC1=O. The highest BCUT2D eigenvalue weighted by atomic mass is 16.5. The average molecular weight is 372 g/mol. The Morgan fingerprint density at radius 1 is 1.30 bits per heavy atom. The van der Waals surface area contributed by atoms with Crippen LogP contribution in [-0.4, -0.2) is 75.1 Å². The fourth-order valence-corrected chi connectivity index (χ4v) is 3.34. The van der Waals surface area contributed by atoms with Crippen LogP contribution in [0.3, 0.4) is 0 Å². The molecule has 3 heterocycles. The number of fused-ring (bicyclic) bond motifs is 1. The van der Waals surface area contributed by atoms with Gasteiger partial charge in [-0.3, -0.25) is 9.59 Å². The molecule has 1 atom stereocenters. The predicted molar refractivity (Wildman–Crippen MR) is 94.1 cm³/mol. The van der Waals surface area contributed by atoms with Gasteiger partial charge in [-0.1, -0.05) is 0 Å². The van der Waals surface area contributed by atoms with E-state index >= 15 is 0 Å². The molecule has 2 fully saturated rings. The number of aromatic carboxylic acids is 1. The number of carboxylic acid groups (broad SMARTS) is 1. The maximum absolute atomic E-state index is 12.3. The minimum Gasteiger partial charge on any atom is -0.478 e. The Hall–Kier alpha value is -2.94. The molecule has 0 aliphatic carbocycles. The summed E-state index contributed by atoms with van der Waals surface area (Å²) >= 11 is 0. The number of hydrogen-bond donors (Lipinski definition) is 1. The summed E-state index contributed by atoms with van der Waals surface area (Å²) in [4.78, 5) is 43.1. The van der Waals surface area contributed by atoms with Gasteiger partial charge in [0.05, 0.1) is 42.3 Å². The van der Waals surface area contributed by atoms with E-state index in [-0.39, 0.29) is 43.1 Å². The topological polar surface area (TPSA) is 105 Å². The minimum atomic E-state index is -1.01. The molecule has 0 saturated carbocycles. The number of imidazole rings is 1. The highest BCUT2D eigenvalue weighted by molar-refractivity contribution is 5.93. The Labute approximate surface area is 155 Å². The first-order chi connectivity index (χ1) is 12.9. The van der Waals surface area contributed by atoms with Crippen LogP contribution in [0.2, 0.25) is 0 Å². The Morgan fingerprint density at radius 3 is 2.74 bits per heavy atom. The van der Waals surface area contributed by atoms with E-state index in [1.807, 2.05) is 4.57 Å². The van der Waals surface area contributed by atoms with Crippen molar-refractivity contribution in [1.29, 1.82) is 0 Å². The van der Waals surface area contributed by atoms with Gasteiger partial charge < -0.3 is 24.2 Å². The van der Waals surface area contributed by atoms with E-state index in [0.717, 1.165) is 6.42 Å². The molecule has 1 aromatic heterocycles. The summed E-state index contributed by atoms with van der Waals surface area (Å²) in [6.45, 7) is 1.50. The molecule has 1 aromatic carbocycles. The first-order valence-corrected chi connectivity index (χ1v) is 8.78. The summed E-state index contributed by atoms with van der Waals surface area (Å²) in [5.74, 6) is -0.644. The molecular weight excluding hydrogens is 352 g/mol. The van der Waals surface area contributed by atoms with E-state index in [9.17, 15) is 19.5 Å². The van der Waals surface area contributed by atoms with E-state index in [1.54, 1.807) is 19.2 Å². The summed E-state index contributed by atoms with van der Waals surface area (Å²) in [5.41, 5.74) is 1.52. The van der Waals surface area contributed by atoms with Crippen molar-refractivity contribution in [3.8, 4) is 0 Å². The molecule has 2 aliphatic heterocycles. The van der Waals surface area contributed by atoms with Crippen LogP contribution in [0.15, 0.2) is 18.2 Å². The molecule has 142 valence electrons. The van der Waals surface area contributed by atoms with Crippen molar-refractivity contribution < 1.29 is 24.2 Å². The molecule has 9 nitrogen and oxygen atoms in total. The first-order valence-electron chi connectivity index (χ1n) is 8.78. The lowest BCUT2D eigenvalue weighted by atomic mass is 10.1. The molecule has 2 amide bonds. The van der Waals surface area contributed by atoms with Crippen molar-refractivity contribution in [2.45, 2.75) is 25.6 Å². The lowest BCUT2D eigenvalue weighted by Crippen LogP contribution is -2.52. The Balaban J connectivity index is 1.70. The van der Waals surface area contributed by atoms with Crippen LogP contribution < -0.4 is 0 Å². The molecule has 2 saturated heterocycles. The third-order valence-corrected chi connectivity index (χ3v) is 5.06. The van der Waals surface area contributed by atoms with Gasteiger partial charge in [0, 0.05) is 13.7 Å². The van der Waals surface area contributed by atoms with Crippen LogP contribution in [-0.2, 0) is 27.4 Å². The number of amides is 2. The summed E-state index contributed by atoms with van der Waals surface area (Å²) < 4.78 is 7.43. The standard InChI is InChI=1S/C18H20N4O5/c1-20-9-17(24)21(10-16(20)23)8-15-19-13-3-2-11(18(25)26)6-14(13)22(15)7-12-4-5-27-12/h2-3,6,12H,4-5,7-10H2,1H3,(H,25,26)/t12-/m0/s1. The fraction of sp³-hybridized carbons (Fsp3) is 0.444. The fourth-order valence-electron chi connectivity index (χ4n) is 3.34. The lowest BCUT2D eigenvalue weighted by molar-refractivity contribution is -0.149. The third-order valence-electron chi connectivity index (χ3n) is 5.06. The minimum absolute atomic E-state index is 0.0127. The van der Waals surface area contributed by atoms with Gasteiger partial charge in [0.2, 0.25) is 11.8 Å². The van der Waals surface area contributed by atoms with Gasteiger partial charge in [0.25, 0.3) is 0 Å². The average Bonchev–Trinajstić information content (AvgIpc) is 2.92. The van der Waals surface area contributed by atoms with E-state index in [4.69, 9.17) is 4.74 Å². The maximum Gasteiger partial charge on any atom is 0.335 e. The zero-order valence-electron chi connectivity index (χ0n) is 14.9. The van der Waals surface area contributed by atoms with Crippen LogP contribution in [0.5, 0.6) is 0 Å². The predicted octanol–water partition coefficient (Wildman–Crippen LogP) is 0.324. The largest absolute Gasteiger partial charge is 0.478 e. The van der Waals surface area contributed by atoms with Crippen molar-refractivity contribution in [3.63, 3.8) is 0 Å². The summed E-state index contributed by atoms with van der Waals surface area (Å²) in [6, 6.07) is 4.76. The summed E-state index contributed by atoms with van der Waals surface area (Å²) in [6.07, 6.45) is 0.961.